The summed E-state index contributed by atoms with van der Waals surface area (Å²) >= 11 is 0. The number of hydrogen-bond donors (Lipinski definition) is 1. The highest BCUT2D eigenvalue weighted by Gasteiger charge is 2.38. The maximum absolute atomic E-state index is 13.6. The highest BCUT2D eigenvalue weighted by atomic mass is 19.3. The number of alkyl halides is 2. The fraction of sp³-hybridized carbons (Fsp3) is 0.333. The maximum Gasteiger partial charge on any atom is 0.321 e. The van der Waals surface area contributed by atoms with E-state index in [1.54, 1.807) is 15.7 Å². The normalized spacial score (nSPS) is 17.3. The second-order valence-corrected chi connectivity index (χ2v) is 6.98. The molecule has 0 radical (unpaired) electrons. The van der Waals surface area contributed by atoms with Gasteiger partial charge in [0.25, 0.3) is 5.89 Å². The van der Waals surface area contributed by atoms with Crippen LogP contribution in [-0.4, -0.2) is 36.3 Å². The molecule has 0 unspecified atom stereocenters. The zero-order valence-electron chi connectivity index (χ0n) is 15.2. The van der Waals surface area contributed by atoms with Gasteiger partial charge < -0.3 is 14.3 Å². The third-order valence-corrected chi connectivity index (χ3v) is 4.97. The maximum atomic E-state index is 13.6. The third kappa shape index (κ3) is 2.55. The van der Waals surface area contributed by atoms with E-state index in [1.165, 1.54) is 0 Å². The number of halogens is 2. The molecule has 8 nitrogen and oxygen atoms in total. The number of rotatable bonds is 3. The number of aromatic amines is 1. The first-order valence-corrected chi connectivity index (χ1v) is 8.87. The highest BCUT2D eigenvalue weighted by molar-refractivity contribution is 5.56. The van der Waals surface area contributed by atoms with Gasteiger partial charge in [-0.25, -0.2) is 9.50 Å². The monoisotopic (exact) mass is 385 g/mol. The van der Waals surface area contributed by atoms with E-state index >= 15 is 0 Å². The van der Waals surface area contributed by atoms with Gasteiger partial charge in [-0.3, -0.25) is 0 Å². The Labute approximate surface area is 158 Å². The molecular formula is C18H17F2N7O. The minimum absolute atomic E-state index is 0.0314. The van der Waals surface area contributed by atoms with Gasteiger partial charge in [0.2, 0.25) is 0 Å². The molecular weight excluding hydrogens is 368 g/mol. The molecule has 10 heteroatoms. The lowest BCUT2D eigenvalue weighted by Gasteiger charge is -2.32. The average Bonchev–Trinajstić information content (AvgIpc) is 3.38. The molecule has 0 spiro atoms. The summed E-state index contributed by atoms with van der Waals surface area (Å²) in [5.74, 6) is -3.91. The zero-order chi connectivity index (χ0) is 19.5. The van der Waals surface area contributed by atoms with Crippen molar-refractivity contribution < 1.29 is 13.2 Å². The van der Waals surface area contributed by atoms with Gasteiger partial charge in [0.15, 0.2) is 0 Å². The van der Waals surface area contributed by atoms with Crippen LogP contribution in [0.25, 0.3) is 5.52 Å². The SMILES string of the molecule is Cc1cccn2nc([C@@H]3c4nc[nH]c4CCN3c3nnc(C(C)(F)F)o3)cc12. The van der Waals surface area contributed by atoms with E-state index in [-0.39, 0.29) is 6.01 Å². The Balaban J connectivity index is 1.64. The highest BCUT2D eigenvalue weighted by Crippen LogP contribution is 2.37. The molecule has 144 valence electrons. The summed E-state index contributed by atoms with van der Waals surface area (Å²) in [6, 6.07) is 5.51. The fourth-order valence-electron chi connectivity index (χ4n) is 3.60. The Morgan fingerprint density at radius 2 is 2.18 bits per heavy atom. The summed E-state index contributed by atoms with van der Waals surface area (Å²) in [7, 11) is 0. The lowest BCUT2D eigenvalue weighted by atomic mass is 10.00. The van der Waals surface area contributed by atoms with Crippen LogP contribution in [-0.2, 0) is 12.3 Å². The van der Waals surface area contributed by atoms with Crippen molar-refractivity contribution in [2.45, 2.75) is 32.2 Å². The van der Waals surface area contributed by atoms with Crippen LogP contribution in [0.5, 0.6) is 0 Å². The first kappa shape index (κ1) is 16.8. The van der Waals surface area contributed by atoms with Gasteiger partial charge in [-0.1, -0.05) is 11.2 Å². The van der Waals surface area contributed by atoms with E-state index < -0.39 is 17.9 Å². The molecule has 1 N–H and O–H groups in total. The smallest absolute Gasteiger partial charge is 0.321 e. The Hall–Kier alpha value is -3.30. The standard InChI is InChI=1S/C18H17F2N7O/c1-10-4-3-6-27-13(10)8-12(25-27)15-14-11(21-9-22-14)5-7-26(15)17-24-23-16(28-17)18(2,19)20/h3-4,6,8-9,15H,5,7H2,1-2H3,(H,21,22)/t15-/m1/s1. The van der Waals surface area contributed by atoms with Crippen molar-refractivity contribution >= 4 is 11.5 Å². The topological polar surface area (TPSA) is 88.1 Å². The van der Waals surface area contributed by atoms with Gasteiger partial charge in [0, 0.05) is 31.8 Å². The van der Waals surface area contributed by atoms with E-state index in [1.807, 2.05) is 31.3 Å². The predicted octanol–water partition coefficient (Wildman–Crippen LogP) is 3.01. The molecule has 1 aliphatic heterocycles. The second-order valence-electron chi connectivity index (χ2n) is 6.98. The number of aromatic nitrogens is 6. The molecule has 0 amide bonds. The van der Waals surface area contributed by atoms with E-state index in [0.29, 0.717) is 13.0 Å². The molecule has 1 aliphatic rings. The zero-order valence-corrected chi connectivity index (χ0v) is 15.2. The molecule has 5 rings (SSSR count). The molecule has 0 saturated carbocycles. The number of pyridine rings is 1. The number of hydrogen-bond acceptors (Lipinski definition) is 6. The van der Waals surface area contributed by atoms with Crippen molar-refractivity contribution in [2.24, 2.45) is 0 Å². The van der Waals surface area contributed by atoms with Crippen molar-refractivity contribution in [1.82, 2.24) is 29.8 Å². The first-order valence-electron chi connectivity index (χ1n) is 8.87. The molecule has 0 aromatic carbocycles. The Kier molecular flexibility index (Phi) is 3.52. The number of H-pyrrole nitrogens is 1. The largest absolute Gasteiger partial charge is 0.401 e. The van der Waals surface area contributed by atoms with Crippen molar-refractivity contribution in [1.29, 1.82) is 0 Å². The van der Waals surface area contributed by atoms with E-state index in [2.05, 4.69) is 20.2 Å². The summed E-state index contributed by atoms with van der Waals surface area (Å²) < 4.78 is 34.3. The summed E-state index contributed by atoms with van der Waals surface area (Å²) in [6.07, 6.45) is 4.15. The Morgan fingerprint density at radius 1 is 1.32 bits per heavy atom. The summed E-state index contributed by atoms with van der Waals surface area (Å²) in [4.78, 5) is 9.38. The Morgan fingerprint density at radius 3 is 2.93 bits per heavy atom. The van der Waals surface area contributed by atoms with Crippen LogP contribution in [0.2, 0.25) is 0 Å². The van der Waals surface area contributed by atoms with Crippen molar-refractivity contribution in [3.8, 4) is 0 Å². The minimum Gasteiger partial charge on any atom is -0.401 e. The van der Waals surface area contributed by atoms with Crippen LogP contribution >= 0.6 is 0 Å². The summed E-state index contributed by atoms with van der Waals surface area (Å²) in [5.41, 5.74) is 4.53. The molecule has 4 aromatic rings. The number of imidazole rings is 1. The number of fused-ring (bicyclic) bond motifs is 2. The van der Waals surface area contributed by atoms with E-state index in [9.17, 15) is 8.78 Å². The van der Waals surface area contributed by atoms with Gasteiger partial charge in [-0.2, -0.15) is 13.9 Å². The quantitative estimate of drug-likeness (QED) is 0.583. The molecule has 4 aromatic heterocycles. The summed E-state index contributed by atoms with van der Waals surface area (Å²) in [5, 5.41) is 12.1. The summed E-state index contributed by atoms with van der Waals surface area (Å²) in [6.45, 7) is 3.24. The van der Waals surface area contributed by atoms with Crippen LogP contribution in [0.3, 0.4) is 0 Å². The van der Waals surface area contributed by atoms with Crippen LogP contribution in [0.1, 0.15) is 41.5 Å². The molecule has 1 atom stereocenters. The van der Waals surface area contributed by atoms with Crippen molar-refractivity contribution in [3.05, 3.63) is 59.3 Å². The van der Waals surface area contributed by atoms with Gasteiger partial charge >= 0.3 is 11.9 Å². The lowest BCUT2D eigenvalue weighted by Crippen LogP contribution is -2.37. The van der Waals surface area contributed by atoms with Crippen LogP contribution < -0.4 is 4.90 Å². The number of anilines is 1. The fourth-order valence-corrected chi connectivity index (χ4v) is 3.60. The molecule has 0 fully saturated rings. The first-order chi connectivity index (χ1) is 13.4. The molecule has 0 aliphatic carbocycles. The predicted molar refractivity (Wildman–Crippen MR) is 95.3 cm³/mol. The number of nitrogens with one attached hydrogen (secondary N) is 1. The van der Waals surface area contributed by atoms with E-state index in [0.717, 1.165) is 35.1 Å². The van der Waals surface area contributed by atoms with Crippen molar-refractivity contribution in [2.75, 3.05) is 11.4 Å². The molecule has 0 saturated heterocycles. The van der Waals surface area contributed by atoms with Gasteiger partial charge in [0.1, 0.15) is 6.04 Å². The van der Waals surface area contributed by atoms with E-state index in [4.69, 9.17) is 9.52 Å². The average molecular weight is 385 g/mol. The van der Waals surface area contributed by atoms with Gasteiger partial charge in [-0.15, -0.1) is 5.10 Å². The van der Waals surface area contributed by atoms with Crippen LogP contribution in [0.4, 0.5) is 14.8 Å². The molecule has 28 heavy (non-hydrogen) atoms. The molecule has 5 heterocycles. The van der Waals surface area contributed by atoms with Gasteiger partial charge in [-0.05, 0) is 24.6 Å². The number of nitrogens with zero attached hydrogens (tertiary/aromatic N) is 6. The Bertz CT molecular complexity index is 1160. The second kappa shape index (κ2) is 5.85. The minimum atomic E-state index is -3.20. The van der Waals surface area contributed by atoms with Crippen LogP contribution in [0, 0.1) is 6.92 Å². The third-order valence-electron chi connectivity index (χ3n) is 4.97. The van der Waals surface area contributed by atoms with Crippen molar-refractivity contribution in [3.63, 3.8) is 0 Å². The number of aryl methyl sites for hydroxylation is 1. The lowest BCUT2D eigenvalue weighted by molar-refractivity contribution is -0.0107. The molecule has 0 bridgehead atoms. The van der Waals surface area contributed by atoms with Gasteiger partial charge in [0.05, 0.1) is 23.2 Å². The van der Waals surface area contributed by atoms with Crippen LogP contribution in [0.15, 0.2) is 35.1 Å².